The number of fused-ring (bicyclic) bond motifs is 1. The number of hydrogen-bond acceptors (Lipinski definition) is 8. The molecule has 0 aliphatic carbocycles. The van der Waals surface area contributed by atoms with Gasteiger partial charge in [0.05, 0.1) is 17.5 Å². The second-order valence-corrected chi connectivity index (χ2v) is 14.2. The molecule has 1 unspecified atom stereocenters. The summed E-state index contributed by atoms with van der Waals surface area (Å²) in [4.78, 5) is 12.1. The van der Waals surface area contributed by atoms with Crippen molar-refractivity contribution in [2.24, 2.45) is 10.4 Å². The molecule has 3 aromatic rings. The van der Waals surface area contributed by atoms with Crippen LogP contribution < -0.4 is 10.2 Å². The van der Waals surface area contributed by atoms with Gasteiger partial charge in [-0.15, -0.1) is 11.8 Å². The minimum atomic E-state index is -3.82. The van der Waals surface area contributed by atoms with Gasteiger partial charge in [0.2, 0.25) is 9.84 Å². The van der Waals surface area contributed by atoms with E-state index in [9.17, 15) is 8.42 Å². The molecule has 1 N–H and O–H groups in total. The standard InChI is InChI=1S/C27H38N6O2S2/c1-18-16-21(32-15-14-28-23(19(32)2)30-27(6,7)17-26(3,4)5)33-24(29-18)22(25(31-33)36-8)37(34,35)20-12-10-9-11-13-20/h9-13,16,19H,14-15,17H2,1-8H3,(H,28,30). The van der Waals surface area contributed by atoms with Crippen molar-refractivity contribution in [3.8, 4) is 0 Å². The lowest BCUT2D eigenvalue weighted by Gasteiger charge is -2.40. The van der Waals surface area contributed by atoms with Crippen LogP contribution in [0.2, 0.25) is 0 Å². The summed E-state index contributed by atoms with van der Waals surface area (Å²) in [5, 5.41) is 8.89. The molecule has 0 saturated carbocycles. The Morgan fingerprint density at radius 3 is 2.43 bits per heavy atom. The Balaban J connectivity index is 1.79. The molecule has 0 spiro atoms. The number of benzene rings is 1. The van der Waals surface area contributed by atoms with E-state index >= 15 is 0 Å². The molecule has 8 nitrogen and oxygen atoms in total. The molecule has 0 radical (unpaired) electrons. The summed E-state index contributed by atoms with van der Waals surface area (Å²) >= 11 is 1.31. The van der Waals surface area contributed by atoms with Crippen molar-refractivity contribution in [1.29, 1.82) is 0 Å². The lowest BCUT2D eigenvalue weighted by atomic mass is 9.81. The Morgan fingerprint density at radius 2 is 1.81 bits per heavy atom. The minimum absolute atomic E-state index is 0.0471. The van der Waals surface area contributed by atoms with Gasteiger partial charge >= 0.3 is 0 Å². The first-order valence-electron chi connectivity index (χ1n) is 12.6. The number of sulfone groups is 1. The first-order chi connectivity index (χ1) is 17.2. The van der Waals surface area contributed by atoms with Crippen molar-refractivity contribution >= 4 is 38.9 Å². The number of aromatic nitrogens is 3. The number of thioether (sulfide) groups is 1. The van der Waals surface area contributed by atoms with Gasteiger partial charge in [0.25, 0.3) is 0 Å². The lowest BCUT2D eigenvalue weighted by Crippen LogP contribution is -2.56. The van der Waals surface area contributed by atoms with Crippen molar-refractivity contribution in [1.82, 2.24) is 19.9 Å². The molecule has 1 aromatic carbocycles. The summed E-state index contributed by atoms with van der Waals surface area (Å²) in [7, 11) is -3.82. The number of anilines is 1. The number of aliphatic imine (C=N–C) groups is 1. The maximum Gasteiger partial charge on any atom is 0.213 e. The molecule has 37 heavy (non-hydrogen) atoms. The Hall–Kier alpha value is -2.59. The van der Waals surface area contributed by atoms with Gasteiger partial charge in [-0.05, 0) is 57.9 Å². The van der Waals surface area contributed by atoms with Crippen LogP contribution in [-0.2, 0) is 9.84 Å². The lowest BCUT2D eigenvalue weighted by molar-refractivity contribution is 0.265. The summed E-state index contributed by atoms with van der Waals surface area (Å²) in [5.74, 6) is 1.74. The van der Waals surface area contributed by atoms with Gasteiger partial charge in [-0.25, -0.2) is 13.4 Å². The monoisotopic (exact) mass is 542 g/mol. The van der Waals surface area contributed by atoms with Crippen molar-refractivity contribution in [3.05, 3.63) is 42.1 Å². The molecule has 0 saturated heterocycles. The van der Waals surface area contributed by atoms with Crippen LogP contribution in [0.3, 0.4) is 0 Å². The molecule has 1 aliphatic rings. The van der Waals surface area contributed by atoms with Crippen LogP contribution in [0.4, 0.5) is 5.82 Å². The van der Waals surface area contributed by atoms with Crippen LogP contribution in [0.5, 0.6) is 0 Å². The average Bonchev–Trinajstić information content (AvgIpc) is 3.18. The number of amidine groups is 1. The summed E-state index contributed by atoms with van der Waals surface area (Å²) in [6.45, 7) is 16.5. The Bertz CT molecular complexity index is 1420. The van der Waals surface area contributed by atoms with E-state index in [-0.39, 0.29) is 26.8 Å². The smallest absolute Gasteiger partial charge is 0.213 e. The predicted octanol–water partition coefficient (Wildman–Crippen LogP) is 5.00. The average molecular weight is 543 g/mol. The number of nitrogens with one attached hydrogen (secondary N) is 1. The molecule has 4 rings (SSSR count). The second kappa shape index (κ2) is 9.94. The second-order valence-electron chi connectivity index (χ2n) is 11.5. The SMILES string of the molecule is CSc1nn2c(N3CCN=C(NC(C)(C)CC(C)(C)C)C3C)cc(C)nc2c1S(=O)(=O)c1ccccc1. The van der Waals surface area contributed by atoms with Gasteiger partial charge in [-0.1, -0.05) is 39.0 Å². The van der Waals surface area contributed by atoms with E-state index in [0.29, 0.717) is 23.8 Å². The van der Waals surface area contributed by atoms with Crippen LogP contribution in [0, 0.1) is 12.3 Å². The quantitative estimate of drug-likeness (QED) is 0.438. The normalized spacial score (nSPS) is 17.2. The molecule has 1 atom stereocenters. The molecule has 10 heteroatoms. The third kappa shape index (κ3) is 5.65. The fraction of sp³-hybridized carbons (Fsp3) is 0.519. The molecule has 1 aliphatic heterocycles. The van der Waals surface area contributed by atoms with Gasteiger partial charge in [0, 0.05) is 23.8 Å². The van der Waals surface area contributed by atoms with Crippen LogP contribution in [0.15, 0.2) is 56.2 Å². The zero-order chi connectivity index (χ0) is 27.2. The van der Waals surface area contributed by atoms with Gasteiger partial charge in [-0.3, -0.25) is 4.99 Å². The van der Waals surface area contributed by atoms with Gasteiger partial charge in [-0.2, -0.15) is 9.61 Å². The fourth-order valence-electron chi connectivity index (χ4n) is 5.30. The number of hydrogen-bond donors (Lipinski definition) is 1. The van der Waals surface area contributed by atoms with Crippen LogP contribution in [-0.4, -0.2) is 59.8 Å². The Morgan fingerprint density at radius 1 is 1.14 bits per heavy atom. The molecule has 3 heterocycles. The van der Waals surface area contributed by atoms with Crippen LogP contribution >= 0.6 is 11.8 Å². The zero-order valence-corrected chi connectivity index (χ0v) is 24.7. The minimum Gasteiger partial charge on any atom is -0.367 e. The van der Waals surface area contributed by atoms with E-state index in [1.165, 1.54) is 11.8 Å². The van der Waals surface area contributed by atoms with E-state index in [1.807, 2.05) is 19.2 Å². The highest BCUT2D eigenvalue weighted by Crippen LogP contribution is 2.35. The predicted molar refractivity (Wildman–Crippen MR) is 152 cm³/mol. The van der Waals surface area contributed by atoms with Crippen molar-refractivity contribution in [2.75, 3.05) is 24.2 Å². The highest BCUT2D eigenvalue weighted by molar-refractivity contribution is 7.99. The topological polar surface area (TPSA) is 92.0 Å². The Labute approximate surface area is 224 Å². The largest absolute Gasteiger partial charge is 0.367 e. The molecule has 200 valence electrons. The molecule has 0 fully saturated rings. The third-order valence-electron chi connectivity index (χ3n) is 6.36. The van der Waals surface area contributed by atoms with Gasteiger partial charge in [0.1, 0.15) is 16.7 Å². The number of rotatable bonds is 6. The molecule has 0 amide bonds. The van der Waals surface area contributed by atoms with Crippen molar-refractivity contribution in [2.45, 2.75) is 81.3 Å². The third-order valence-corrected chi connectivity index (χ3v) is 8.97. The highest BCUT2D eigenvalue weighted by atomic mass is 32.2. The summed E-state index contributed by atoms with van der Waals surface area (Å²) in [6.07, 6.45) is 2.83. The van der Waals surface area contributed by atoms with Crippen LogP contribution in [0.1, 0.15) is 53.7 Å². The van der Waals surface area contributed by atoms with Crippen molar-refractivity contribution < 1.29 is 8.42 Å². The zero-order valence-electron chi connectivity index (χ0n) is 23.0. The van der Waals surface area contributed by atoms with E-state index < -0.39 is 9.84 Å². The fourth-order valence-corrected chi connectivity index (χ4v) is 7.71. The number of nitrogens with zero attached hydrogens (tertiary/aromatic N) is 5. The maximum atomic E-state index is 13.7. The number of aryl methyl sites for hydroxylation is 1. The van der Waals surface area contributed by atoms with Crippen LogP contribution in [0.25, 0.3) is 5.65 Å². The van der Waals surface area contributed by atoms with E-state index in [1.54, 1.807) is 34.8 Å². The van der Waals surface area contributed by atoms with Crippen molar-refractivity contribution in [3.63, 3.8) is 0 Å². The molecule has 2 aromatic heterocycles. The Kier molecular flexibility index (Phi) is 7.38. The summed E-state index contributed by atoms with van der Waals surface area (Å²) < 4.78 is 29.1. The first-order valence-corrected chi connectivity index (χ1v) is 15.3. The molecular formula is C27H38N6O2S2. The maximum absolute atomic E-state index is 13.7. The van der Waals surface area contributed by atoms with E-state index in [2.05, 4.69) is 56.7 Å². The van der Waals surface area contributed by atoms with E-state index in [4.69, 9.17) is 10.1 Å². The summed E-state index contributed by atoms with van der Waals surface area (Å²) in [6, 6.07) is 10.4. The highest BCUT2D eigenvalue weighted by Gasteiger charge is 2.34. The summed E-state index contributed by atoms with van der Waals surface area (Å²) in [5.41, 5.74) is 1.12. The molecule has 0 bridgehead atoms. The first kappa shape index (κ1) is 27.4. The van der Waals surface area contributed by atoms with E-state index in [0.717, 1.165) is 23.8 Å². The van der Waals surface area contributed by atoms with Gasteiger partial charge < -0.3 is 10.2 Å². The molecular weight excluding hydrogens is 504 g/mol. The van der Waals surface area contributed by atoms with Gasteiger partial charge in [0.15, 0.2) is 10.5 Å².